The molecular weight excluding hydrogens is 393 g/mol. The van der Waals surface area contributed by atoms with Gasteiger partial charge in [-0.25, -0.2) is 4.99 Å². The first-order chi connectivity index (χ1) is 12.5. The summed E-state index contributed by atoms with van der Waals surface area (Å²) in [5, 5.41) is 10.6. The maximum atomic E-state index is 9.51. The fourth-order valence-electron chi connectivity index (χ4n) is 3.09. The van der Waals surface area contributed by atoms with Gasteiger partial charge in [0.1, 0.15) is 11.9 Å². The van der Waals surface area contributed by atoms with Gasteiger partial charge in [0, 0.05) is 44.5 Å². The number of rotatable bonds is 6. The van der Waals surface area contributed by atoms with Crippen molar-refractivity contribution in [2.45, 2.75) is 24.4 Å². The van der Waals surface area contributed by atoms with Crippen LogP contribution in [0, 0.1) is 0 Å². The fourth-order valence-corrected chi connectivity index (χ4v) is 4.04. The highest BCUT2D eigenvalue weighted by Crippen LogP contribution is 2.28. The van der Waals surface area contributed by atoms with Gasteiger partial charge < -0.3 is 19.6 Å². The Morgan fingerprint density at radius 3 is 2.69 bits per heavy atom. The van der Waals surface area contributed by atoms with Crippen molar-refractivity contribution in [1.82, 2.24) is 9.80 Å². The van der Waals surface area contributed by atoms with Crippen LogP contribution in [0.5, 0.6) is 5.75 Å². The molecule has 142 valence electrons. The SMILES string of the molecule is CSC1N=C(O)C=CN1CCN1CCC(Oc2ccc(Cl)c(Cl)c2)CC1. The summed E-state index contributed by atoms with van der Waals surface area (Å²) < 4.78 is 6.04. The van der Waals surface area contributed by atoms with Gasteiger partial charge in [0.2, 0.25) is 5.90 Å². The highest BCUT2D eigenvalue weighted by atomic mass is 35.5. The maximum Gasteiger partial charge on any atom is 0.210 e. The molecular formula is C18H23Cl2N3O2S. The number of halogens is 2. The Balaban J connectivity index is 1.42. The third kappa shape index (κ3) is 5.22. The molecule has 8 heteroatoms. The quantitative estimate of drug-likeness (QED) is 0.751. The van der Waals surface area contributed by atoms with Crippen LogP contribution >= 0.6 is 35.0 Å². The van der Waals surface area contributed by atoms with Crippen LogP contribution in [0.15, 0.2) is 35.5 Å². The molecule has 2 heterocycles. The normalized spacial score (nSPS) is 21.7. The van der Waals surface area contributed by atoms with Crippen molar-refractivity contribution in [2.75, 3.05) is 32.4 Å². The summed E-state index contributed by atoms with van der Waals surface area (Å²) >= 11 is 13.6. The molecule has 0 saturated carbocycles. The lowest BCUT2D eigenvalue weighted by Gasteiger charge is -2.35. The Labute approximate surface area is 168 Å². The minimum absolute atomic E-state index is 0.0458. The minimum atomic E-state index is -0.0458. The minimum Gasteiger partial charge on any atom is -0.493 e. The van der Waals surface area contributed by atoms with E-state index in [1.807, 2.05) is 18.5 Å². The van der Waals surface area contributed by atoms with E-state index >= 15 is 0 Å². The molecule has 1 aromatic rings. The average Bonchev–Trinajstić information content (AvgIpc) is 2.65. The number of thioether (sulfide) groups is 1. The monoisotopic (exact) mass is 415 g/mol. The number of aliphatic hydroxyl groups excluding tert-OH is 1. The van der Waals surface area contributed by atoms with E-state index in [-0.39, 0.29) is 17.5 Å². The van der Waals surface area contributed by atoms with Gasteiger partial charge in [0.05, 0.1) is 10.0 Å². The summed E-state index contributed by atoms with van der Waals surface area (Å²) in [6.07, 6.45) is 7.74. The number of aliphatic hydroxyl groups is 1. The van der Waals surface area contributed by atoms with E-state index in [1.165, 1.54) is 0 Å². The Kier molecular flexibility index (Phi) is 6.98. The molecule has 26 heavy (non-hydrogen) atoms. The van der Waals surface area contributed by atoms with Crippen molar-refractivity contribution in [3.8, 4) is 5.75 Å². The van der Waals surface area contributed by atoms with Gasteiger partial charge in [-0.05, 0) is 31.2 Å². The third-order valence-corrected chi connectivity index (χ3v) is 6.09. The van der Waals surface area contributed by atoms with Crippen LogP contribution in [0.3, 0.4) is 0 Å². The van der Waals surface area contributed by atoms with Gasteiger partial charge in [-0.2, -0.15) is 0 Å². The molecule has 3 rings (SSSR count). The van der Waals surface area contributed by atoms with Crippen LogP contribution in [-0.2, 0) is 0 Å². The highest BCUT2D eigenvalue weighted by molar-refractivity contribution is 7.99. The lowest BCUT2D eigenvalue weighted by atomic mass is 10.1. The van der Waals surface area contributed by atoms with Crippen LogP contribution in [0.25, 0.3) is 0 Å². The lowest BCUT2D eigenvalue weighted by molar-refractivity contribution is 0.0957. The molecule has 0 aliphatic carbocycles. The molecule has 1 saturated heterocycles. The molecule has 0 aromatic heterocycles. The molecule has 0 bridgehead atoms. The van der Waals surface area contributed by atoms with E-state index in [4.69, 9.17) is 27.9 Å². The van der Waals surface area contributed by atoms with Crippen LogP contribution in [-0.4, -0.2) is 64.8 Å². The lowest BCUT2D eigenvalue weighted by Crippen LogP contribution is -2.43. The number of piperidine rings is 1. The molecule has 1 unspecified atom stereocenters. The zero-order valence-corrected chi connectivity index (χ0v) is 17.0. The van der Waals surface area contributed by atoms with Crippen LogP contribution in [0.2, 0.25) is 10.0 Å². The van der Waals surface area contributed by atoms with Gasteiger partial charge in [-0.1, -0.05) is 23.2 Å². The predicted molar refractivity (Wildman–Crippen MR) is 110 cm³/mol. The molecule has 5 nitrogen and oxygen atoms in total. The van der Waals surface area contributed by atoms with Crippen molar-refractivity contribution < 1.29 is 9.84 Å². The Hall–Kier alpha value is -1.08. The summed E-state index contributed by atoms with van der Waals surface area (Å²) in [7, 11) is 0. The first kappa shape index (κ1) is 19.7. The first-order valence-corrected chi connectivity index (χ1v) is 10.7. The van der Waals surface area contributed by atoms with E-state index in [2.05, 4.69) is 14.8 Å². The molecule has 0 amide bonds. The molecule has 2 aliphatic heterocycles. The molecule has 1 fully saturated rings. The average molecular weight is 416 g/mol. The molecule has 1 N–H and O–H groups in total. The van der Waals surface area contributed by atoms with E-state index in [0.29, 0.717) is 10.0 Å². The second-order valence-electron chi connectivity index (χ2n) is 6.34. The largest absolute Gasteiger partial charge is 0.493 e. The number of ether oxygens (including phenoxy) is 1. The van der Waals surface area contributed by atoms with E-state index < -0.39 is 0 Å². The zero-order valence-electron chi connectivity index (χ0n) is 14.6. The second kappa shape index (κ2) is 9.22. The van der Waals surface area contributed by atoms with Gasteiger partial charge >= 0.3 is 0 Å². The topological polar surface area (TPSA) is 48.3 Å². The van der Waals surface area contributed by atoms with Gasteiger partial charge in [0.25, 0.3) is 0 Å². The summed E-state index contributed by atoms with van der Waals surface area (Å²) in [4.78, 5) is 8.83. The smallest absolute Gasteiger partial charge is 0.210 e. The van der Waals surface area contributed by atoms with E-state index in [0.717, 1.165) is 44.8 Å². The first-order valence-electron chi connectivity index (χ1n) is 8.63. The van der Waals surface area contributed by atoms with Gasteiger partial charge in [-0.3, -0.25) is 0 Å². The summed E-state index contributed by atoms with van der Waals surface area (Å²) in [6, 6.07) is 5.40. The number of nitrogens with zero attached hydrogens (tertiary/aromatic N) is 3. The van der Waals surface area contributed by atoms with Crippen LogP contribution < -0.4 is 4.74 Å². The Morgan fingerprint density at radius 2 is 2.00 bits per heavy atom. The summed E-state index contributed by atoms with van der Waals surface area (Å²) in [6.45, 7) is 3.86. The van der Waals surface area contributed by atoms with E-state index in [9.17, 15) is 5.11 Å². The van der Waals surface area contributed by atoms with Gasteiger partial charge in [0.15, 0.2) is 5.50 Å². The Bertz CT molecular complexity index is 678. The van der Waals surface area contributed by atoms with Crippen molar-refractivity contribution in [1.29, 1.82) is 0 Å². The fraction of sp³-hybridized carbons (Fsp3) is 0.500. The number of hydrogen-bond acceptors (Lipinski definition) is 5. The number of benzene rings is 1. The standard InChI is InChI=1S/C18H23Cl2N3O2S/c1-26-18-21-17(24)6-9-23(18)11-10-22-7-4-13(5-8-22)25-14-2-3-15(19)16(20)12-14/h2-3,6,9,12-13,18H,4-5,7-8,10-11H2,1H3,(H,21,24). The zero-order chi connectivity index (χ0) is 18.5. The van der Waals surface area contributed by atoms with Crippen molar-refractivity contribution in [3.05, 3.63) is 40.5 Å². The maximum absolute atomic E-state index is 9.51. The van der Waals surface area contributed by atoms with E-state index in [1.54, 1.807) is 30.0 Å². The predicted octanol–water partition coefficient (Wildman–Crippen LogP) is 4.27. The van der Waals surface area contributed by atoms with Crippen molar-refractivity contribution in [3.63, 3.8) is 0 Å². The van der Waals surface area contributed by atoms with Crippen molar-refractivity contribution >= 4 is 40.9 Å². The number of likely N-dealkylation sites (tertiary alicyclic amines) is 1. The van der Waals surface area contributed by atoms with Crippen LogP contribution in [0.4, 0.5) is 0 Å². The third-order valence-electron chi connectivity index (χ3n) is 4.56. The Morgan fingerprint density at radius 1 is 1.23 bits per heavy atom. The number of aliphatic imine (C=N–C) groups is 1. The molecule has 1 atom stereocenters. The molecule has 1 aromatic carbocycles. The molecule has 0 spiro atoms. The molecule has 0 radical (unpaired) electrons. The summed E-state index contributed by atoms with van der Waals surface area (Å²) in [5.41, 5.74) is -0.0458. The highest BCUT2D eigenvalue weighted by Gasteiger charge is 2.23. The summed E-state index contributed by atoms with van der Waals surface area (Å²) in [5.74, 6) is 0.873. The number of hydrogen-bond donors (Lipinski definition) is 1. The van der Waals surface area contributed by atoms with Gasteiger partial charge in [-0.15, -0.1) is 11.8 Å². The molecule has 2 aliphatic rings. The van der Waals surface area contributed by atoms with Crippen LogP contribution in [0.1, 0.15) is 12.8 Å². The second-order valence-corrected chi connectivity index (χ2v) is 8.05. The van der Waals surface area contributed by atoms with Crippen molar-refractivity contribution in [2.24, 2.45) is 4.99 Å².